The zero-order valence-electron chi connectivity index (χ0n) is 10.7. The van der Waals surface area contributed by atoms with E-state index in [9.17, 15) is 18.0 Å². The van der Waals surface area contributed by atoms with Crippen LogP contribution in [0.3, 0.4) is 0 Å². The lowest BCUT2D eigenvalue weighted by Crippen LogP contribution is -2.19. The number of rotatable bonds is 2. The van der Waals surface area contributed by atoms with Crippen LogP contribution in [0.4, 0.5) is 13.2 Å². The predicted octanol–water partition coefficient (Wildman–Crippen LogP) is 4.17. The number of benzene rings is 1. The molecule has 2 nitrogen and oxygen atoms in total. The average Bonchev–Trinajstić information content (AvgIpc) is 2.89. The Morgan fingerprint density at radius 3 is 2.76 bits per heavy atom. The van der Waals surface area contributed by atoms with Gasteiger partial charge in [0.1, 0.15) is 0 Å². The van der Waals surface area contributed by atoms with Gasteiger partial charge in [-0.05, 0) is 17.7 Å². The molecule has 1 aromatic carbocycles. The maximum absolute atomic E-state index is 13.0. The Kier molecular flexibility index (Phi) is 3.49. The lowest BCUT2D eigenvalue weighted by atomic mass is 9.91. The molecule has 21 heavy (non-hydrogen) atoms. The number of carbonyl (C=O) groups is 1. The maximum Gasteiger partial charge on any atom is 0.417 e. The van der Waals surface area contributed by atoms with Crippen LogP contribution in [0.5, 0.6) is 0 Å². The van der Waals surface area contributed by atoms with Crippen molar-refractivity contribution >= 4 is 17.5 Å². The van der Waals surface area contributed by atoms with Crippen molar-refractivity contribution in [3.8, 4) is 0 Å². The minimum atomic E-state index is -4.56. The van der Waals surface area contributed by atoms with Gasteiger partial charge in [-0.15, -0.1) is 11.8 Å². The molecule has 0 spiro atoms. The number of ketones is 1. The van der Waals surface area contributed by atoms with Crippen molar-refractivity contribution in [2.24, 2.45) is 0 Å². The summed E-state index contributed by atoms with van der Waals surface area (Å²) in [5.41, 5.74) is -0.478. The molecule has 0 saturated heterocycles. The number of pyridine rings is 1. The van der Waals surface area contributed by atoms with Crippen LogP contribution >= 0.6 is 11.8 Å². The van der Waals surface area contributed by atoms with Crippen molar-refractivity contribution in [2.45, 2.75) is 17.0 Å². The number of aromatic nitrogens is 1. The van der Waals surface area contributed by atoms with E-state index < -0.39 is 23.4 Å². The van der Waals surface area contributed by atoms with Crippen LogP contribution in [-0.2, 0) is 6.18 Å². The van der Waals surface area contributed by atoms with E-state index in [4.69, 9.17) is 0 Å². The molecule has 0 saturated carbocycles. The summed E-state index contributed by atoms with van der Waals surface area (Å²) in [6.45, 7) is 0. The van der Waals surface area contributed by atoms with Gasteiger partial charge in [-0.3, -0.25) is 9.78 Å². The number of hydrogen-bond donors (Lipinski definition) is 0. The maximum atomic E-state index is 13.0. The molecule has 1 aliphatic heterocycles. The molecule has 0 amide bonds. The Bertz CT molecular complexity index is 699. The third-order valence-corrected chi connectivity index (χ3v) is 4.59. The molecule has 1 unspecified atom stereocenters. The second kappa shape index (κ2) is 5.18. The minimum Gasteiger partial charge on any atom is -0.293 e. The van der Waals surface area contributed by atoms with E-state index in [1.54, 1.807) is 12.1 Å². The van der Waals surface area contributed by atoms with Crippen LogP contribution in [0.15, 0.2) is 47.6 Å². The molecular formula is C15H10F3NOS. The number of Topliss-reactive ketones (excluding diaryl/α,β-unsaturated/α-hetero) is 1. The first kappa shape index (κ1) is 14.1. The van der Waals surface area contributed by atoms with Gasteiger partial charge >= 0.3 is 6.18 Å². The first-order valence-corrected chi connectivity index (χ1v) is 7.24. The van der Waals surface area contributed by atoms with Crippen molar-refractivity contribution in [3.05, 3.63) is 59.4 Å². The summed E-state index contributed by atoms with van der Waals surface area (Å²) in [5, 5.41) is 0. The first-order chi connectivity index (χ1) is 9.98. The summed E-state index contributed by atoms with van der Waals surface area (Å²) in [4.78, 5) is 17.2. The van der Waals surface area contributed by atoms with Crippen LogP contribution in [-0.4, -0.2) is 16.5 Å². The Morgan fingerprint density at radius 1 is 1.24 bits per heavy atom. The van der Waals surface area contributed by atoms with Crippen molar-refractivity contribution in [2.75, 3.05) is 5.75 Å². The van der Waals surface area contributed by atoms with Gasteiger partial charge < -0.3 is 0 Å². The predicted molar refractivity (Wildman–Crippen MR) is 73.5 cm³/mol. The van der Waals surface area contributed by atoms with Crippen LogP contribution in [0.25, 0.3) is 0 Å². The van der Waals surface area contributed by atoms with Crippen molar-refractivity contribution in [1.82, 2.24) is 4.98 Å². The lowest BCUT2D eigenvalue weighted by Gasteiger charge is -2.14. The third kappa shape index (κ3) is 2.55. The highest BCUT2D eigenvalue weighted by molar-refractivity contribution is 7.99. The van der Waals surface area contributed by atoms with Crippen molar-refractivity contribution in [3.63, 3.8) is 0 Å². The molecule has 1 aromatic heterocycles. The molecule has 3 rings (SSSR count). The fourth-order valence-corrected chi connectivity index (χ4v) is 3.63. The van der Waals surface area contributed by atoms with E-state index in [1.807, 2.05) is 12.1 Å². The van der Waals surface area contributed by atoms with E-state index in [0.29, 0.717) is 5.75 Å². The molecule has 2 aromatic rings. The molecule has 6 heteroatoms. The molecule has 0 N–H and O–H groups in total. The minimum absolute atomic E-state index is 0.354. The van der Waals surface area contributed by atoms with Gasteiger partial charge in [0, 0.05) is 28.6 Å². The molecule has 108 valence electrons. The summed E-state index contributed by atoms with van der Waals surface area (Å²) < 4.78 is 39.0. The standard InChI is InChI=1S/C15H10F3NOS/c16-15(17,18)12-5-6-19-7-10(12)14(20)11-8-21-13-4-2-1-3-9(11)13/h1-7,11H,8H2. The lowest BCUT2D eigenvalue weighted by molar-refractivity contribution is -0.138. The third-order valence-electron chi connectivity index (χ3n) is 3.41. The normalized spacial score (nSPS) is 17.6. The van der Waals surface area contributed by atoms with Gasteiger partial charge in [0.05, 0.1) is 11.5 Å². The number of hydrogen-bond acceptors (Lipinski definition) is 3. The smallest absolute Gasteiger partial charge is 0.293 e. The average molecular weight is 309 g/mol. The number of nitrogens with zero attached hydrogens (tertiary/aromatic N) is 1. The molecule has 0 radical (unpaired) electrons. The zero-order chi connectivity index (χ0) is 15.0. The first-order valence-electron chi connectivity index (χ1n) is 6.25. The van der Waals surface area contributed by atoms with Crippen LogP contribution in [0.2, 0.25) is 0 Å². The fraction of sp³-hybridized carbons (Fsp3) is 0.200. The Hall–Kier alpha value is -1.82. The second-order valence-corrected chi connectivity index (χ2v) is 5.75. The van der Waals surface area contributed by atoms with E-state index >= 15 is 0 Å². The summed E-state index contributed by atoms with van der Waals surface area (Å²) in [5.74, 6) is -0.603. The molecule has 2 heterocycles. The molecule has 1 atom stereocenters. The van der Waals surface area contributed by atoms with Gasteiger partial charge in [0.25, 0.3) is 0 Å². The number of fused-ring (bicyclic) bond motifs is 1. The number of thioether (sulfide) groups is 1. The highest BCUT2D eigenvalue weighted by Crippen LogP contribution is 2.42. The SMILES string of the molecule is O=C(c1cnccc1C(F)(F)F)C1CSc2ccccc21. The van der Waals surface area contributed by atoms with Gasteiger partial charge in [0.2, 0.25) is 0 Å². The van der Waals surface area contributed by atoms with Gasteiger partial charge in [-0.25, -0.2) is 0 Å². The highest BCUT2D eigenvalue weighted by Gasteiger charge is 2.38. The van der Waals surface area contributed by atoms with E-state index in [-0.39, 0.29) is 5.56 Å². The summed E-state index contributed by atoms with van der Waals surface area (Å²) in [7, 11) is 0. The van der Waals surface area contributed by atoms with Gasteiger partial charge in [0.15, 0.2) is 5.78 Å². The van der Waals surface area contributed by atoms with E-state index in [1.165, 1.54) is 11.8 Å². The number of alkyl halides is 3. The Labute approximate surface area is 123 Å². The van der Waals surface area contributed by atoms with Crippen molar-refractivity contribution < 1.29 is 18.0 Å². The topological polar surface area (TPSA) is 30.0 Å². The molecule has 0 bridgehead atoms. The monoisotopic (exact) mass is 309 g/mol. The summed E-state index contributed by atoms with van der Waals surface area (Å²) >= 11 is 1.49. The Morgan fingerprint density at radius 2 is 2.00 bits per heavy atom. The summed E-state index contributed by atoms with van der Waals surface area (Å²) in [6, 6.07) is 8.16. The zero-order valence-corrected chi connectivity index (χ0v) is 11.5. The quantitative estimate of drug-likeness (QED) is 0.780. The van der Waals surface area contributed by atoms with E-state index in [0.717, 1.165) is 28.9 Å². The van der Waals surface area contributed by atoms with Gasteiger partial charge in [-0.1, -0.05) is 18.2 Å². The van der Waals surface area contributed by atoms with Crippen LogP contribution in [0.1, 0.15) is 27.4 Å². The number of carbonyl (C=O) groups excluding carboxylic acids is 1. The van der Waals surface area contributed by atoms with Crippen molar-refractivity contribution in [1.29, 1.82) is 0 Å². The second-order valence-electron chi connectivity index (χ2n) is 4.68. The largest absolute Gasteiger partial charge is 0.417 e. The van der Waals surface area contributed by atoms with Crippen LogP contribution < -0.4 is 0 Å². The molecular weight excluding hydrogens is 299 g/mol. The van der Waals surface area contributed by atoms with Gasteiger partial charge in [-0.2, -0.15) is 13.2 Å². The molecule has 0 aliphatic carbocycles. The number of halogens is 3. The molecule has 1 aliphatic rings. The van der Waals surface area contributed by atoms with Crippen LogP contribution in [0, 0.1) is 0 Å². The highest BCUT2D eigenvalue weighted by atomic mass is 32.2. The summed E-state index contributed by atoms with van der Waals surface area (Å²) in [6.07, 6.45) is -2.49. The molecule has 0 fully saturated rings. The fourth-order valence-electron chi connectivity index (χ4n) is 2.41. The Balaban J connectivity index is 2.02. The van der Waals surface area contributed by atoms with E-state index in [2.05, 4.69) is 4.98 Å².